The summed E-state index contributed by atoms with van der Waals surface area (Å²) in [6.07, 6.45) is -4.49. The van der Waals surface area contributed by atoms with Crippen molar-refractivity contribution in [1.82, 2.24) is 0 Å². The molecule has 0 heterocycles. The van der Waals surface area contributed by atoms with Crippen LogP contribution in [0.1, 0.15) is 25.0 Å². The predicted octanol–water partition coefficient (Wildman–Crippen LogP) is 2.40. The Morgan fingerprint density at radius 1 is 1.29 bits per heavy atom. The maximum absolute atomic E-state index is 12.4. The first-order valence-electron chi connectivity index (χ1n) is 4.63. The molecule has 1 aromatic rings. The Labute approximate surface area is 99.1 Å². The molecule has 0 saturated heterocycles. The maximum atomic E-state index is 12.4. The number of hydrogen-bond donors (Lipinski definition) is 1. The Hall–Kier alpha value is -1.08. The zero-order valence-electron chi connectivity index (χ0n) is 9.17. The zero-order valence-corrected chi connectivity index (χ0v) is 9.98. The second-order valence-electron chi connectivity index (χ2n) is 4.04. The van der Waals surface area contributed by atoms with Gasteiger partial charge in [0.25, 0.3) is 0 Å². The second kappa shape index (κ2) is 4.30. The van der Waals surface area contributed by atoms with Gasteiger partial charge in [-0.15, -0.1) is 0 Å². The normalized spacial score (nSPS) is 14.7. The molecule has 1 aromatic carbocycles. The number of halogens is 3. The van der Waals surface area contributed by atoms with E-state index in [2.05, 4.69) is 0 Å². The third kappa shape index (κ3) is 2.78. The van der Waals surface area contributed by atoms with E-state index in [1.165, 1.54) is 13.8 Å². The number of nitrogen functional groups attached to an aromatic ring is 1. The summed E-state index contributed by atoms with van der Waals surface area (Å²) in [5.41, 5.74) is 4.54. The van der Waals surface area contributed by atoms with Crippen LogP contribution in [-0.4, -0.2) is 8.76 Å². The molecule has 0 spiro atoms. The van der Waals surface area contributed by atoms with Crippen molar-refractivity contribution in [2.24, 2.45) is 0 Å². The van der Waals surface area contributed by atoms with Crippen LogP contribution in [0.3, 0.4) is 0 Å². The lowest BCUT2D eigenvalue weighted by molar-refractivity contribution is -0.137. The number of anilines is 1. The topological polar surface area (TPSA) is 66.2 Å². The number of nitrogens with two attached hydrogens (primary N) is 1. The fourth-order valence-electron chi connectivity index (χ4n) is 1.38. The maximum Gasteiger partial charge on any atom is 0.416 e. The molecular weight excluding hydrogens is 255 g/mol. The molecule has 7 heteroatoms. The fourth-order valence-corrected chi connectivity index (χ4v) is 1.74. The molecule has 1 atom stereocenters. The van der Waals surface area contributed by atoms with E-state index >= 15 is 0 Å². The van der Waals surface area contributed by atoms with Gasteiger partial charge in [-0.25, -0.2) is 0 Å². The first kappa shape index (κ1) is 14.0. The SMILES string of the molecule is CC(C)(c1ccc(C(F)(F)F)cc1N)S(=O)[O-]. The van der Waals surface area contributed by atoms with E-state index < -0.39 is 27.6 Å². The first-order valence-corrected chi connectivity index (χ1v) is 5.71. The van der Waals surface area contributed by atoms with Crippen molar-refractivity contribution < 1.29 is 21.9 Å². The van der Waals surface area contributed by atoms with Crippen LogP contribution < -0.4 is 5.73 Å². The van der Waals surface area contributed by atoms with Crippen LogP contribution in [0.5, 0.6) is 0 Å². The molecule has 17 heavy (non-hydrogen) atoms. The van der Waals surface area contributed by atoms with Crippen LogP contribution in [-0.2, 0) is 22.0 Å². The van der Waals surface area contributed by atoms with Crippen molar-refractivity contribution in [3.8, 4) is 0 Å². The smallest absolute Gasteiger partial charge is 0.416 e. The largest absolute Gasteiger partial charge is 0.772 e. The van der Waals surface area contributed by atoms with Gasteiger partial charge in [0.05, 0.1) is 10.3 Å². The highest BCUT2D eigenvalue weighted by Gasteiger charge is 2.32. The zero-order chi connectivity index (χ0) is 13.4. The molecular formula is C10H11F3NO2S-. The van der Waals surface area contributed by atoms with E-state index in [1.807, 2.05) is 0 Å². The molecule has 2 N–H and O–H groups in total. The van der Waals surface area contributed by atoms with E-state index in [1.54, 1.807) is 0 Å². The molecule has 0 aromatic heterocycles. The van der Waals surface area contributed by atoms with Crippen molar-refractivity contribution in [1.29, 1.82) is 0 Å². The first-order chi connectivity index (χ1) is 7.56. The van der Waals surface area contributed by atoms with Crippen LogP contribution in [0.4, 0.5) is 18.9 Å². The minimum Gasteiger partial charge on any atom is -0.772 e. The van der Waals surface area contributed by atoms with Crippen molar-refractivity contribution in [2.45, 2.75) is 24.8 Å². The van der Waals surface area contributed by atoms with E-state index in [4.69, 9.17) is 5.73 Å². The van der Waals surface area contributed by atoms with Crippen LogP contribution >= 0.6 is 0 Å². The van der Waals surface area contributed by atoms with Crippen LogP contribution in [0.15, 0.2) is 18.2 Å². The van der Waals surface area contributed by atoms with Crippen LogP contribution in [0.25, 0.3) is 0 Å². The molecule has 3 nitrogen and oxygen atoms in total. The average Bonchev–Trinajstić information content (AvgIpc) is 2.15. The third-order valence-electron chi connectivity index (χ3n) is 2.44. The summed E-state index contributed by atoms with van der Waals surface area (Å²) in [5, 5.41) is 0. The molecule has 0 aliphatic carbocycles. The van der Waals surface area contributed by atoms with Crippen LogP contribution in [0, 0.1) is 0 Å². The van der Waals surface area contributed by atoms with Gasteiger partial charge in [0, 0.05) is 5.69 Å². The highest BCUT2D eigenvalue weighted by Crippen LogP contribution is 2.36. The van der Waals surface area contributed by atoms with E-state index in [0.717, 1.165) is 18.2 Å². The Morgan fingerprint density at radius 3 is 2.18 bits per heavy atom. The second-order valence-corrected chi connectivity index (χ2v) is 5.53. The number of hydrogen-bond acceptors (Lipinski definition) is 3. The molecule has 1 unspecified atom stereocenters. The summed E-state index contributed by atoms with van der Waals surface area (Å²) in [7, 11) is 0. The Bertz CT molecular complexity index is 457. The quantitative estimate of drug-likeness (QED) is 0.660. The van der Waals surface area contributed by atoms with Gasteiger partial charge in [-0.3, -0.25) is 4.21 Å². The van der Waals surface area contributed by atoms with E-state index in [-0.39, 0.29) is 11.3 Å². The summed E-state index contributed by atoms with van der Waals surface area (Å²) in [6, 6.07) is 2.65. The molecule has 96 valence electrons. The third-order valence-corrected chi connectivity index (χ3v) is 3.50. The lowest BCUT2D eigenvalue weighted by Crippen LogP contribution is -2.25. The predicted molar refractivity (Wildman–Crippen MR) is 57.8 cm³/mol. The van der Waals surface area contributed by atoms with Crippen molar-refractivity contribution in [3.05, 3.63) is 29.3 Å². The minimum absolute atomic E-state index is 0.152. The molecule has 0 radical (unpaired) electrons. The molecule has 0 fully saturated rings. The Kier molecular flexibility index (Phi) is 3.54. The molecule has 1 rings (SSSR count). The average molecular weight is 266 g/mol. The van der Waals surface area contributed by atoms with Crippen molar-refractivity contribution in [3.63, 3.8) is 0 Å². The van der Waals surface area contributed by atoms with E-state index in [9.17, 15) is 21.9 Å². The molecule has 0 aliphatic heterocycles. The summed E-state index contributed by atoms with van der Waals surface area (Å²) < 4.78 is 57.8. The van der Waals surface area contributed by atoms with Gasteiger partial charge in [0.2, 0.25) is 0 Å². The van der Waals surface area contributed by atoms with Gasteiger partial charge in [-0.1, -0.05) is 6.07 Å². The van der Waals surface area contributed by atoms with Crippen molar-refractivity contribution >= 4 is 16.8 Å². The lowest BCUT2D eigenvalue weighted by Gasteiger charge is -2.29. The molecule has 0 saturated carbocycles. The standard InChI is InChI=1S/C10H12F3NO2S/c1-9(2,17(15)16)7-4-3-6(5-8(7)14)10(11,12)13/h3-5H,14H2,1-2H3,(H,15,16)/p-1. The highest BCUT2D eigenvalue weighted by atomic mass is 32.2. The monoisotopic (exact) mass is 266 g/mol. The van der Waals surface area contributed by atoms with Gasteiger partial charge in [-0.2, -0.15) is 13.2 Å². The Balaban J connectivity index is 3.29. The summed E-state index contributed by atoms with van der Waals surface area (Å²) in [5.74, 6) is 0. The lowest BCUT2D eigenvalue weighted by atomic mass is 9.98. The van der Waals surface area contributed by atoms with Crippen LogP contribution in [0.2, 0.25) is 0 Å². The number of alkyl halides is 3. The van der Waals surface area contributed by atoms with Crippen molar-refractivity contribution in [2.75, 3.05) is 5.73 Å². The van der Waals surface area contributed by atoms with E-state index in [0.29, 0.717) is 0 Å². The summed E-state index contributed by atoms with van der Waals surface area (Å²) in [4.78, 5) is 0. The number of rotatable bonds is 2. The molecule has 0 amide bonds. The Morgan fingerprint density at radius 2 is 1.82 bits per heavy atom. The molecule has 0 aliphatic rings. The summed E-state index contributed by atoms with van der Waals surface area (Å²) in [6.45, 7) is 2.74. The summed E-state index contributed by atoms with van der Waals surface area (Å²) >= 11 is -2.48. The highest BCUT2D eigenvalue weighted by molar-refractivity contribution is 7.80. The van der Waals surface area contributed by atoms with Gasteiger partial charge in [0.15, 0.2) is 0 Å². The fraction of sp³-hybridized carbons (Fsp3) is 0.400. The van der Waals surface area contributed by atoms with Gasteiger partial charge in [-0.05, 0) is 42.6 Å². The van der Waals surface area contributed by atoms with Gasteiger partial charge < -0.3 is 10.3 Å². The number of benzene rings is 1. The molecule has 0 bridgehead atoms. The van der Waals surface area contributed by atoms with Gasteiger partial charge in [0.1, 0.15) is 0 Å². The minimum atomic E-state index is -4.49. The van der Waals surface area contributed by atoms with Gasteiger partial charge >= 0.3 is 6.18 Å².